The van der Waals surface area contributed by atoms with E-state index in [-0.39, 0.29) is 0 Å². The zero-order valence-corrected chi connectivity index (χ0v) is 11.7. The lowest BCUT2D eigenvalue weighted by molar-refractivity contribution is 0.162. The molecule has 0 saturated heterocycles. The van der Waals surface area contributed by atoms with E-state index < -0.39 is 0 Å². The second kappa shape index (κ2) is 8.95. The summed E-state index contributed by atoms with van der Waals surface area (Å²) >= 11 is 0. The Bertz CT molecular complexity index is 311. The summed E-state index contributed by atoms with van der Waals surface area (Å²) in [6, 6.07) is 8.72. The van der Waals surface area contributed by atoms with Gasteiger partial charge in [-0.3, -0.25) is 0 Å². The van der Waals surface area contributed by atoms with Crippen LogP contribution in [0.3, 0.4) is 0 Å². The lowest BCUT2D eigenvalue weighted by Gasteiger charge is -2.17. The molecule has 18 heavy (non-hydrogen) atoms. The molecule has 0 aliphatic rings. The van der Waals surface area contributed by atoms with Crippen molar-refractivity contribution in [2.45, 2.75) is 32.2 Å². The molecule has 0 saturated carbocycles. The predicted molar refractivity (Wildman–Crippen MR) is 75.3 cm³/mol. The van der Waals surface area contributed by atoms with E-state index in [9.17, 15) is 0 Å². The van der Waals surface area contributed by atoms with E-state index in [0.29, 0.717) is 6.04 Å². The lowest BCUT2D eigenvalue weighted by Crippen LogP contribution is -2.34. The molecule has 0 bridgehead atoms. The molecule has 1 aromatic rings. The minimum absolute atomic E-state index is 0.442. The third kappa shape index (κ3) is 5.52. The van der Waals surface area contributed by atoms with Gasteiger partial charge in [-0.2, -0.15) is 0 Å². The van der Waals surface area contributed by atoms with Crippen molar-refractivity contribution in [1.82, 2.24) is 5.32 Å². The minimum atomic E-state index is 0.442. The van der Waals surface area contributed by atoms with Gasteiger partial charge >= 0.3 is 0 Å². The second-order valence-corrected chi connectivity index (χ2v) is 4.49. The molecule has 0 radical (unpaired) electrons. The van der Waals surface area contributed by atoms with Gasteiger partial charge in [-0.05, 0) is 43.5 Å². The maximum Gasteiger partial charge on any atom is 0.118 e. The Labute approximate surface area is 110 Å². The maximum absolute atomic E-state index is 5.24. The van der Waals surface area contributed by atoms with Crippen LogP contribution in [0.25, 0.3) is 0 Å². The molecule has 102 valence electrons. The van der Waals surface area contributed by atoms with E-state index >= 15 is 0 Å². The monoisotopic (exact) mass is 251 g/mol. The van der Waals surface area contributed by atoms with Gasteiger partial charge in [-0.25, -0.2) is 0 Å². The van der Waals surface area contributed by atoms with Crippen LogP contribution in [0.1, 0.15) is 25.3 Å². The van der Waals surface area contributed by atoms with Gasteiger partial charge in [0.15, 0.2) is 0 Å². The Kier molecular flexibility index (Phi) is 7.46. The van der Waals surface area contributed by atoms with E-state index in [1.165, 1.54) is 5.56 Å². The number of benzene rings is 1. The third-order valence-corrected chi connectivity index (χ3v) is 2.99. The van der Waals surface area contributed by atoms with Gasteiger partial charge in [0, 0.05) is 13.2 Å². The van der Waals surface area contributed by atoms with Crippen molar-refractivity contribution < 1.29 is 9.47 Å². The van der Waals surface area contributed by atoms with Crippen LogP contribution in [0, 0.1) is 0 Å². The van der Waals surface area contributed by atoms with Crippen LogP contribution in [0.4, 0.5) is 0 Å². The summed E-state index contributed by atoms with van der Waals surface area (Å²) < 4.78 is 10.4. The van der Waals surface area contributed by atoms with E-state index in [1.54, 1.807) is 14.2 Å². The van der Waals surface area contributed by atoms with Gasteiger partial charge in [-0.1, -0.05) is 19.1 Å². The van der Waals surface area contributed by atoms with Crippen molar-refractivity contribution in [3.63, 3.8) is 0 Å². The summed E-state index contributed by atoms with van der Waals surface area (Å²) in [5.74, 6) is 0.913. The number of hydrogen-bond acceptors (Lipinski definition) is 3. The first kappa shape index (κ1) is 15.0. The lowest BCUT2D eigenvalue weighted by atomic mass is 10.1. The Hall–Kier alpha value is -1.06. The summed E-state index contributed by atoms with van der Waals surface area (Å²) in [5, 5.41) is 3.51. The molecule has 1 aromatic carbocycles. The van der Waals surface area contributed by atoms with Crippen molar-refractivity contribution in [2.75, 3.05) is 27.4 Å². The number of ether oxygens (including phenoxy) is 2. The van der Waals surface area contributed by atoms with E-state index in [4.69, 9.17) is 9.47 Å². The summed E-state index contributed by atoms with van der Waals surface area (Å²) in [4.78, 5) is 0. The molecule has 1 rings (SSSR count). The summed E-state index contributed by atoms with van der Waals surface area (Å²) in [6.07, 6.45) is 3.32. The average molecular weight is 251 g/mol. The highest BCUT2D eigenvalue weighted by molar-refractivity contribution is 5.27. The SMILES string of the molecule is CCCNC(CCc1ccc(OC)cc1)COC. The quantitative estimate of drug-likeness (QED) is 0.732. The fourth-order valence-corrected chi connectivity index (χ4v) is 1.93. The number of hydrogen-bond donors (Lipinski definition) is 1. The molecule has 0 aliphatic carbocycles. The largest absolute Gasteiger partial charge is 0.497 e. The number of aryl methyl sites for hydroxylation is 1. The van der Waals surface area contributed by atoms with E-state index in [0.717, 1.165) is 38.2 Å². The number of nitrogens with one attached hydrogen (secondary N) is 1. The molecule has 1 atom stereocenters. The van der Waals surface area contributed by atoms with Crippen LogP contribution < -0.4 is 10.1 Å². The Morgan fingerprint density at radius 2 is 1.89 bits per heavy atom. The molecule has 0 aliphatic heterocycles. The zero-order chi connectivity index (χ0) is 13.2. The van der Waals surface area contributed by atoms with Crippen LogP contribution in [-0.2, 0) is 11.2 Å². The molecule has 0 aromatic heterocycles. The zero-order valence-electron chi connectivity index (χ0n) is 11.7. The molecule has 0 spiro atoms. The normalized spacial score (nSPS) is 12.4. The molecule has 0 amide bonds. The van der Waals surface area contributed by atoms with Gasteiger partial charge < -0.3 is 14.8 Å². The van der Waals surface area contributed by atoms with Crippen LogP contribution in [0.15, 0.2) is 24.3 Å². The van der Waals surface area contributed by atoms with Gasteiger partial charge in [0.05, 0.1) is 13.7 Å². The average Bonchev–Trinajstić information content (AvgIpc) is 2.42. The molecule has 3 nitrogen and oxygen atoms in total. The Morgan fingerprint density at radius 3 is 2.44 bits per heavy atom. The Balaban J connectivity index is 2.39. The van der Waals surface area contributed by atoms with Crippen LogP contribution in [0.5, 0.6) is 5.75 Å². The van der Waals surface area contributed by atoms with Gasteiger partial charge in [0.2, 0.25) is 0 Å². The van der Waals surface area contributed by atoms with Gasteiger partial charge in [0.25, 0.3) is 0 Å². The summed E-state index contributed by atoms with van der Waals surface area (Å²) in [7, 11) is 3.45. The topological polar surface area (TPSA) is 30.5 Å². The standard InChI is InChI=1S/C15H25NO2/c1-4-11-16-14(12-17-2)8-5-13-6-9-15(18-3)10-7-13/h6-7,9-10,14,16H,4-5,8,11-12H2,1-3H3. The van der Waals surface area contributed by atoms with Crippen molar-refractivity contribution >= 4 is 0 Å². The van der Waals surface area contributed by atoms with Crippen molar-refractivity contribution in [2.24, 2.45) is 0 Å². The van der Waals surface area contributed by atoms with E-state index in [2.05, 4.69) is 24.4 Å². The smallest absolute Gasteiger partial charge is 0.118 e. The highest BCUT2D eigenvalue weighted by atomic mass is 16.5. The molecule has 3 heteroatoms. The molecule has 1 unspecified atom stereocenters. The number of methoxy groups -OCH3 is 2. The van der Waals surface area contributed by atoms with Gasteiger partial charge in [-0.15, -0.1) is 0 Å². The summed E-state index contributed by atoms with van der Waals surface area (Å²) in [5.41, 5.74) is 1.34. The first-order chi connectivity index (χ1) is 8.80. The fraction of sp³-hybridized carbons (Fsp3) is 0.600. The fourth-order valence-electron chi connectivity index (χ4n) is 1.93. The molecule has 0 heterocycles. The highest BCUT2D eigenvalue weighted by Crippen LogP contribution is 2.13. The highest BCUT2D eigenvalue weighted by Gasteiger charge is 2.07. The van der Waals surface area contributed by atoms with Crippen LogP contribution in [0.2, 0.25) is 0 Å². The van der Waals surface area contributed by atoms with Crippen molar-refractivity contribution in [3.8, 4) is 5.75 Å². The molecular formula is C15H25NO2. The van der Waals surface area contributed by atoms with Crippen molar-refractivity contribution in [1.29, 1.82) is 0 Å². The maximum atomic E-state index is 5.24. The van der Waals surface area contributed by atoms with Crippen LogP contribution >= 0.6 is 0 Å². The second-order valence-electron chi connectivity index (χ2n) is 4.49. The third-order valence-electron chi connectivity index (χ3n) is 2.99. The van der Waals surface area contributed by atoms with E-state index in [1.807, 2.05) is 12.1 Å². The minimum Gasteiger partial charge on any atom is -0.497 e. The molecular weight excluding hydrogens is 226 g/mol. The first-order valence-corrected chi connectivity index (χ1v) is 6.65. The Morgan fingerprint density at radius 1 is 1.17 bits per heavy atom. The van der Waals surface area contributed by atoms with Crippen molar-refractivity contribution in [3.05, 3.63) is 29.8 Å². The number of rotatable bonds is 9. The molecule has 1 N–H and O–H groups in total. The summed E-state index contributed by atoms with van der Waals surface area (Å²) in [6.45, 7) is 4.01. The first-order valence-electron chi connectivity index (χ1n) is 6.65. The molecule has 0 fully saturated rings. The van der Waals surface area contributed by atoms with Crippen LogP contribution in [-0.4, -0.2) is 33.4 Å². The van der Waals surface area contributed by atoms with Gasteiger partial charge in [0.1, 0.15) is 5.75 Å². The predicted octanol–water partition coefficient (Wildman–Crippen LogP) is 2.64.